The van der Waals surface area contributed by atoms with Crippen LogP contribution < -0.4 is 5.73 Å². The zero-order chi connectivity index (χ0) is 12.3. The first-order chi connectivity index (χ1) is 7.37. The number of amides is 1. The highest BCUT2D eigenvalue weighted by Gasteiger charge is 2.22. The quantitative estimate of drug-likeness (QED) is 0.876. The van der Waals surface area contributed by atoms with Crippen molar-refractivity contribution in [2.24, 2.45) is 11.1 Å². The molecule has 1 heterocycles. The minimum atomic E-state index is -0.0334. The van der Waals surface area contributed by atoms with Crippen LogP contribution in [0.1, 0.15) is 29.8 Å². The lowest BCUT2D eigenvalue weighted by molar-refractivity contribution is 0.0740. The van der Waals surface area contributed by atoms with Gasteiger partial charge in [-0.25, -0.2) is 0 Å². The van der Waals surface area contributed by atoms with E-state index in [0.717, 1.165) is 11.1 Å². The molecule has 0 saturated heterocycles. The van der Waals surface area contributed by atoms with E-state index in [4.69, 9.17) is 5.73 Å². The highest BCUT2D eigenvalue weighted by atomic mass is 32.1. The van der Waals surface area contributed by atoms with Gasteiger partial charge in [0.1, 0.15) is 0 Å². The predicted octanol–water partition coefficient (Wildman–Crippen LogP) is 2.11. The van der Waals surface area contributed by atoms with Gasteiger partial charge < -0.3 is 10.6 Å². The van der Waals surface area contributed by atoms with E-state index in [-0.39, 0.29) is 11.3 Å². The van der Waals surface area contributed by atoms with Crippen molar-refractivity contribution in [2.45, 2.75) is 20.8 Å². The fourth-order valence-corrected chi connectivity index (χ4v) is 2.39. The van der Waals surface area contributed by atoms with E-state index >= 15 is 0 Å². The van der Waals surface area contributed by atoms with Crippen LogP contribution in [0.25, 0.3) is 0 Å². The lowest BCUT2D eigenvalue weighted by Gasteiger charge is -2.29. The van der Waals surface area contributed by atoms with Crippen molar-refractivity contribution >= 4 is 17.2 Å². The SMILES string of the molecule is Cc1cscc1C(=O)N(C)CC(C)(C)CN. The second kappa shape index (κ2) is 4.97. The number of thiophene rings is 1. The predicted molar refractivity (Wildman–Crippen MR) is 68.9 cm³/mol. The fourth-order valence-electron chi connectivity index (χ4n) is 1.56. The van der Waals surface area contributed by atoms with Crippen LogP contribution in [0, 0.1) is 12.3 Å². The zero-order valence-corrected chi connectivity index (χ0v) is 11.2. The molecule has 2 N–H and O–H groups in total. The summed E-state index contributed by atoms with van der Waals surface area (Å²) < 4.78 is 0. The maximum atomic E-state index is 12.1. The summed E-state index contributed by atoms with van der Waals surface area (Å²) in [5, 5.41) is 3.90. The number of hydrogen-bond acceptors (Lipinski definition) is 3. The van der Waals surface area contributed by atoms with Crippen LogP contribution in [0.4, 0.5) is 0 Å². The maximum absolute atomic E-state index is 12.1. The van der Waals surface area contributed by atoms with Gasteiger partial charge >= 0.3 is 0 Å². The largest absolute Gasteiger partial charge is 0.341 e. The molecule has 0 fully saturated rings. The van der Waals surface area contributed by atoms with Crippen molar-refractivity contribution in [1.82, 2.24) is 4.90 Å². The molecule has 0 aliphatic rings. The van der Waals surface area contributed by atoms with Crippen LogP contribution in [-0.2, 0) is 0 Å². The van der Waals surface area contributed by atoms with Crippen molar-refractivity contribution in [3.63, 3.8) is 0 Å². The third-order valence-electron chi connectivity index (χ3n) is 2.65. The molecule has 90 valence electrons. The molecule has 0 aliphatic carbocycles. The van der Waals surface area contributed by atoms with Crippen LogP contribution >= 0.6 is 11.3 Å². The monoisotopic (exact) mass is 240 g/mol. The highest BCUT2D eigenvalue weighted by Crippen LogP contribution is 2.19. The van der Waals surface area contributed by atoms with E-state index in [1.54, 1.807) is 16.2 Å². The number of carbonyl (C=O) groups is 1. The molecule has 1 amide bonds. The van der Waals surface area contributed by atoms with Gasteiger partial charge in [-0.05, 0) is 29.8 Å². The molecular formula is C12H20N2OS. The summed E-state index contributed by atoms with van der Waals surface area (Å²) in [6.45, 7) is 7.35. The average molecular weight is 240 g/mol. The highest BCUT2D eigenvalue weighted by molar-refractivity contribution is 7.08. The topological polar surface area (TPSA) is 46.3 Å². The number of carbonyl (C=O) groups excluding carboxylic acids is 1. The fraction of sp³-hybridized carbons (Fsp3) is 0.583. The number of rotatable bonds is 4. The normalized spacial score (nSPS) is 11.6. The van der Waals surface area contributed by atoms with Crippen LogP contribution in [0.3, 0.4) is 0 Å². The van der Waals surface area contributed by atoms with Gasteiger partial charge in [-0.2, -0.15) is 11.3 Å². The van der Waals surface area contributed by atoms with Gasteiger partial charge in [0.15, 0.2) is 0 Å². The lowest BCUT2D eigenvalue weighted by atomic mass is 9.93. The van der Waals surface area contributed by atoms with Crippen LogP contribution in [0.15, 0.2) is 10.8 Å². The molecule has 0 aliphatic heterocycles. The molecule has 0 saturated carbocycles. The number of aryl methyl sites for hydroxylation is 1. The smallest absolute Gasteiger partial charge is 0.254 e. The van der Waals surface area contributed by atoms with E-state index in [9.17, 15) is 4.79 Å². The summed E-state index contributed by atoms with van der Waals surface area (Å²) in [5.41, 5.74) is 7.49. The lowest BCUT2D eigenvalue weighted by Crippen LogP contribution is -2.39. The molecular weight excluding hydrogens is 220 g/mol. The number of hydrogen-bond donors (Lipinski definition) is 1. The van der Waals surface area contributed by atoms with Gasteiger partial charge in [0, 0.05) is 19.0 Å². The molecule has 1 aromatic heterocycles. The van der Waals surface area contributed by atoms with Crippen LogP contribution in [-0.4, -0.2) is 30.9 Å². The Balaban J connectivity index is 2.73. The first-order valence-corrected chi connectivity index (χ1v) is 6.30. The summed E-state index contributed by atoms with van der Waals surface area (Å²) >= 11 is 1.56. The summed E-state index contributed by atoms with van der Waals surface area (Å²) in [6, 6.07) is 0. The Kier molecular flexibility index (Phi) is 4.10. The molecule has 3 nitrogen and oxygen atoms in total. The van der Waals surface area contributed by atoms with Gasteiger partial charge in [0.2, 0.25) is 0 Å². The Bertz CT molecular complexity index is 371. The second-order valence-electron chi connectivity index (χ2n) is 5.00. The molecule has 16 heavy (non-hydrogen) atoms. The van der Waals surface area contributed by atoms with E-state index in [1.807, 2.05) is 24.7 Å². The van der Waals surface area contributed by atoms with Crippen molar-refractivity contribution < 1.29 is 4.79 Å². The van der Waals surface area contributed by atoms with Crippen LogP contribution in [0.2, 0.25) is 0 Å². The van der Waals surface area contributed by atoms with E-state index in [0.29, 0.717) is 13.1 Å². The first kappa shape index (κ1) is 13.2. The van der Waals surface area contributed by atoms with Gasteiger partial charge in [-0.1, -0.05) is 13.8 Å². The molecule has 1 rings (SSSR count). The van der Waals surface area contributed by atoms with Gasteiger partial charge in [-0.3, -0.25) is 4.79 Å². The van der Waals surface area contributed by atoms with E-state index < -0.39 is 0 Å². The third kappa shape index (κ3) is 3.06. The molecule has 1 aromatic rings. The van der Waals surface area contributed by atoms with E-state index in [2.05, 4.69) is 13.8 Å². The minimum absolute atomic E-state index is 0.0334. The minimum Gasteiger partial charge on any atom is -0.341 e. The third-order valence-corrected chi connectivity index (χ3v) is 3.51. The Labute approximate surface area is 101 Å². The molecule has 0 bridgehead atoms. The van der Waals surface area contributed by atoms with Crippen molar-refractivity contribution in [1.29, 1.82) is 0 Å². The Hall–Kier alpha value is -0.870. The molecule has 0 radical (unpaired) electrons. The first-order valence-electron chi connectivity index (χ1n) is 5.36. The van der Waals surface area contributed by atoms with Gasteiger partial charge in [-0.15, -0.1) is 0 Å². The Morgan fingerprint density at radius 2 is 2.12 bits per heavy atom. The van der Waals surface area contributed by atoms with Crippen molar-refractivity contribution in [2.75, 3.05) is 20.1 Å². The second-order valence-corrected chi connectivity index (χ2v) is 5.74. The van der Waals surface area contributed by atoms with Crippen molar-refractivity contribution in [3.05, 3.63) is 21.9 Å². The molecule has 0 aromatic carbocycles. The molecule has 0 spiro atoms. The molecule has 0 unspecified atom stereocenters. The van der Waals surface area contributed by atoms with Gasteiger partial charge in [0.05, 0.1) is 5.56 Å². The summed E-state index contributed by atoms with van der Waals surface area (Å²) in [6.07, 6.45) is 0. The van der Waals surface area contributed by atoms with Crippen molar-refractivity contribution in [3.8, 4) is 0 Å². The van der Waals surface area contributed by atoms with Crippen LogP contribution in [0.5, 0.6) is 0 Å². The summed E-state index contributed by atoms with van der Waals surface area (Å²) in [4.78, 5) is 13.9. The summed E-state index contributed by atoms with van der Waals surface area (Å²) in [7, 11) is 1.83. The Morgan fingerprint density at radius 1 is 1.50 bits per heavy atom. The number of nitrogens with zero attached hydrogens (tertiary/aromatic N) is 1. The molecule has 0 atom stereocenters. The average Bonchev–Trinajstić information content (AvgIpc) is 2.62. The van der Waals surface area contributed by atoms with E-state index in [1.165, 1.54) is 0 Å². The van der Waals surface area contributed by atoms with Gasteiger partial charge in [0.25, 0.3) is 5.91 Å². The molecule has 4 heteroatoms. The standard InChI is InChI=1S/C12H20N2OS/c1-9-5-16-6-10(9)11(15)14(4)8-12(2,3)7-13/h5-6H,7-8,13H2,1-4H3. The zero-order valence-electron chi connectivity index (χ0n) is 10.4. The Morgan fingerprint density at radius 3 is 2.56 bits per heavy atom. The summed E-state index contributed by atoms with van der Waals surface area (Å²) in [5.74, 6) is 0.0836. The number of nitrogens with two attached hydrogens (primary N) is 1. The maximum Gasteiger partial charge on any atom is 0.254 e.